The molecule has 0 saturated heterocycles. The van der Waals surface area contributed by atoms with E-state index in [1.807, 2.05) is 0 Å². The van der Waals surface area contributed by atoms with Crippen LogP contribution in [-0.2, 0) is 12.4 Å². The smallest absolute Gasteiger partial charge is 0.204 e. The van der Waals surface area contributed by atoms with Crippen molar-refractivity contribution in [3.05, 3.63) is 0 Å². The van der Waals surface area contributed by atoms with E-state index < -0.39 is 0 Å². The van der Waals surface area contributed by atoms with Crippen LogP contribution in [0.1, 0.15) is 0 Å². The summed E-state index contributed by atoms with van der Waals surface area (Å²) in [6.45, 7) is 0. The average Bonchev–Trinajstić information content (AvgIpc) is 1.65. The summed E-state index contributed by atoms with van der Waals surface area (Å²) in [6.07, 6.45) is 0. The van der Waals surface area contributed by atoms with Crippen LogP contribution in [0.25, 0.3) is 0 Å². The average molecular weight is 120 g/mol. The summed E-state index contributed by atoms with van der Waals surface area (Å²) in [6, 6.07) is 0. The first-order valence-corrected chi connectivity index (χ1v) is 2.13. The molecule has 0 radical (unpaired) electrons. The van der Waals surface area contributed by atoms with E-state index >= 15 is 0 Å². The Morgan fingerprint density at radius 1 is 1.83 bits per heavy atom. The van der Waals surface area contributed by atoms with Gasteiger partial charge in [-0.1, -0.05) is 0 Å². The predicted molar refractivity (Wildman–Crippen MR) is 31.5 cm³/mol. The predicted octanol–water partition coefficient (Wildman–Crippen LogP) is 0.221. The summed E-state index contributed by atoms with van der Waals surface area (Å²) in [5.41, 5.74) is 0. The van der Waals surface area contributed by atoms with E-state index in [1.165, 1.54) is 0 Å². The van der Waals surface area contributed by atoms with Gasteiger partial charge in [-0.2, -0.15) is 4.36 Å². The number of thiocarbonyl (C=S) groups is 1. The number of rotatable bonds is 0. The van der Waals surface area contributed by atoms with Gasteiger partial charge in [-0.3, -0.25) is 0 Å². The van der Waals surface area contributed by atoms with Crippen molar-refractivity contribution in [2.75, 3.05) is 7.05 Å². The van der Waals surface area contributed by atoms with Crippen molar-refractivity contribution >= 4 is 29.8 Å². The Bertz CT molecular complexity index is 69.9. The van der Waals surface area contributed by atoms with E-state index in [2.05, 4.69) is 34.3 Å². The Kier molecular flexibility index (Phi) is 3.07. The standard InChI is InChI=1S/C2H4N2S2/c1-3-2(5)4-6/h1H3,(H,3,5). The number of hydrogen-bond acceptors (Lipinski definition) is 2. The molecule has 0 heterocycles. The molecular weight excluding hydrogens is 116 g/mol. The molecule has 0 aliphatic heterocycles. The molecule has 2 nitrogen and oxygen atoms in total. The quantitative estimate of drug-likeness (QED) is 0.463. The highest BCUT2D eigenvalue weighted by Crippen LogP contribution is 1.64. The van der Waals surface area contributed by atoms with Gasteiger partial charge in [0.1, 0.15) is 0 Å². The van der Waals surface area contributed by atoms with Crippen molar-refractivity contribution < 1.29 is 0 Å². The Morgan fingerprint density at radius 3 is 2.33 bits per heavy atom. The van der Waals surface area contributed by atoms with E-state index in [4.69, 9.17) is 0 Å². The largest absolute Gasteiger partial charge is 0.363 e. The van der Waals surface area contributed by atoms with Crippen molar-refractivity contribution in [2.45, 2.75) is 0 Å². The molecule has 0 atom stereocenters. The van der Waals surface area contributed by atoms with E-state index in [1.54, 1.807) is 7.05 Å². The molecule has 0 aromatic heterocycles. The molecule has 6 heavy (non-hydrogen) atoms. The van der Waals surface area contributed by atoms with Crippen molar-refractivity contribution in [2.24, 2.45) is 4.36 Å². The second-order valence-corrected chi connectivity index (χ2v) is 1.22. The lowest BCUT2D eigenvalue weighted by Crippen LogP contribution is -2.10. The van der Waals surface area contributed by atoms with Crippen molar-refractivity contribution in [1.82, 2.24) is 5.32 Å². The molecule has 0 unspecified atom stereocenters. The second-order valence-electron chi connectivity index (χ2n) is 0.646. The maximum Gasteiger partial charge on any atom is 0.204 e. The summed E-state index contributed by atoms with van der Waals surface area (Å²) in [4.78, 5) is 0. The highest BCUT2D eigenvalue weighted by atomic mass is 32.1. The lowest BCUT2D eigenvalue weighted by atomic mass is 11.1. The fourth-order valence-electron chi connectivity index (χ4n) is 0.0456. The van der Waals surface area contributed by atoms with Gasteiger partial charge in [-0.15, -0.1) is 0 Å². The zero-order valence-corrected chi connectivity index (χ0v) is 4.90. The summed E-state index contributed by atoms with van der Waals surface area (Å²) < 4.78 is 3.21. The van der Waals surface area contributed by atoms with Crippen LogP contribution in [0.15, 0.2) is 4.36 Å². The highest BCUT2D eigenvalue weighted by molar-refractivity contribution is 7.80. The van der Waals surface area contributed by atoms with Crippen LogP contribution < -0.4 is 5.32 Å². The summed E-state index contributed by atoms with van der Waals surface area (Å²) in [5.74, 6) is 0. The van der Waals surface area contributed by atoms with Crippen LogP contribution >= 0.6 is 12.2 Å². The van der Waals surface area contributed by atoms with Gasteiger partial charge >= 0.3 is 0 Å². The number of nitrogens with zero attached hydrogens (tertiary/aromatic N) is 1. The summed E-state index contributed by atoms with van der Waals surface area (Å²) in [7, 11) is 1.68. The molecule has 0 rings (SSSR count). The van der Waals surface area contributed by atoms with Gasteiger partial charge in [0.25, 0.3) is 0 Å². The topological polar surface area (TPSA) is 24.4 Å². The fourth-order valence-corrected chi connectivity index (χ4v) is 0.137. The third kappa shape index (κ3) is 2.17. The van der Waals surface area contributed by atoms with Gasteiger partial charge in [-0.25, -0.2) is 0 Å². The van der Waals surface area contributed by atoms with Gasteiger partial charge in [0.2, 0.25) is 5.11 Å². The van der Waals surface area contributed by atoms with Crippen molar-refractivity contribution in [3.8, 4) is 0 Å². The molecule has 0 bridgehead atoms. The Balaban J connectivity index is 3.23. The maximum atomic E-state index is 4.47. The minimum Gasteiger partial charge on any atom is -0.363 e. The molecule has 1 N–H and O–H groups in total. The fraction of sp³-hybridized carbons (Fsp3) is 0.500. The van der Waals surface area contributed by atoms with Gasteiger partial charge in [0.15, 0.2) is 0 Å². The van der Waals surface area contributed by atoms with Crippen molar-refractivity contribution in [1.29, 1.82) is 0 Å². The molecule has 0 spiro atoms. The zero-order valence-electron chi connectivity index (χ0n) is 3.26. The second kappa shape index (κ2) is 3.11. The third-order valence-corrected chi connectivity index (χ3v) is 0.890. The normalized spacial score (nSPS) is 6.83. The minimum atomic E-state index is 0.366. The molecular formula is C2H4N2S2. The summed E-state index contributed by atoms with van der Waals surface area (Å²) >= 11 is 8.67. The Morgan fingerprint density at radius 2 is 2.33 bits per heavy atom. The SMILES string of the molecule is CNC(=S)N=S. The van der Waals surface area contributed by atoms with Crippen molar-refractivity contribution in [3.63, 3.8) is 0 Å². The lowest BCUT2D eigenvalue weighted by Gasteiger charge is -1.84. The van der Waals surface area contributed by atoms with Crippen LogP contribution in [0.2, 0.25) is 0 Å². The van der Waals surface area contributed by atoms with Crippen LogP contribution in [0.4, 0.5) is 0 Å². The molecule has 0 aliphatic rings. The molecule has 4 heteroatoms. The molecule has 0 aromatic rings. The minimum absolute atomic E-state index is 0.366. The molecule has 0 aromatic carbocycles. The Labute approximate surface area is 47.1 Å². The first kappa shape index (κ1) is 5.91. The van der Waals surface area contributed by atoms with Gasteiger partial charge in [0.05, 0.1) is 0 Å². The molecule has 0 saturated carbocycles. The van der Waals surface area contributed by atoms with Crippen LogP contribution in [0.3, 0.4) is 0 Å². The first-order valence-electron chi connectivity index (χ1n) is 1.36. The van der Waals surface area contributed by atoms with E-state index in [0.717, 1.165) is 0 Å². The zero-order chi connectivity index (χ0) is 4.99. The lowest BCUT2D eigenvalue weighted by molar-refractivity contribution is 1.19. The van der Waals surface area contributed by atoms with E-state index in [9.17, 15) is 0 Å². The van der Waals surface area contributed by atoms with E-state index in [-0.39, 0.29) is 0 Å². The molecule has 0 amide bonds. The highest BCUT2D eigenvalue weighted by Gasteiger charge is 1.75. The first-order chi connectivity index (χ1) is 2.81. The van der Waals surface area contributed by atoms with Crippen LogP contribution in [-0.4, -0.2) is 12.2 Å². The van der Waals surface area contributed by atoms with E-state index in [0.29, 0.717) is 5.11 Å². The monoisotopic (exact) mass is 120 g/mol. The number of hydrogen-bond donors (Lipinski definition) is 1. The molecule has 0 fully saturated rings. The van der Waals surface area contributed by atoms with Gasteiger partial charge in [0, 0.05) is 19.5 Å². The van der Waals surface area contributed by atoms with Gasteiger partial charge in [-0.05, 0) is 12.2 Å². The number of nitrogens with one attached hydrogen (secondary N) is 1. The van der Waals surface area contributed by atoms with Crippen LogP contribution in [0.5, 0.6) is 0 Å². The van der Waals surface area contributed by atoms with Crippen LogP contribution in [0, 0.1) is 0 Å². The maximum absolute atomic E-state index is 4.47. The molecule has 0 aliphatic carbocycles. The molecule has 34 valence electrons. The summed E-state index contributed by atoms with van der Waals surface area (Å²) in [5, 5.41) is 2.94. The Hall–Kier alpha value is -0.0900. The third-order valence-electron chi connectivity index (χ3n) is 0.297. The van der Waals surface area contributed by atoms with Gasteiger partial charge < -0.3 is 5.32 Å².